The molecule has 1 aromatic heterocycles. The fourth-order valence-electron chi connectivity index (χ4n) is 10.6. The minimum Gasteiger partial charge on any atom is -0.456 e. The van der Waals surface area contributed by atoms with Crippen LogP contribution >= 0.6 is 0 Å². The summed E-state index contributed by atoms with van der Waals surface area (Å²) in [5.74, 6) is 0. The summed E-state index contributed by atoms with van der Waals surface area (Å²) in [7, 11) is 0. The number of hydrogen-bond donors (Lipinski definition) is 0. The Labute approximate surface area is 363 Å². The first-order valence-corrected chi connectivity index (χ1v) is 21.7. The quantitative estimate of drug-likeness (QED) is 0.167. The van der Waals surface area contributed by atoms with E-state index in [0.717, 1.165) is 44.6 Å². The van der Waals surface area contributed by atoms with Crippen LogP contribution in [0.25, 0.3) is 77.6 Å². The van der Waals surface area contributed by atoms with Gasteiger partial charge in [0, 0.05) is 27.6 Å². The second-order valence-electron chi connectivity index (χ2n) is 18.1. The molecular formula is C60H45NO. The first-order chi connectivity index (χ1) is 30.2. The fourth-order valence-corrected chi connectivity index (χ4v) is 10.6. The molecule has 0 bridgehead atoms. The van der Waals surface area contributed by atoms with E-state index in [1.54, 1.807) is 0 Å². The number of benzene rings is 9. The first kappa shape index (κ1) is 36.4. The molecule has 62 heavy (non-hydrogen) atoms. The molecule has 10 aromatic rings. The predicted octanol–water partition coefficient (Wildman–Crippen LogP) is 16.7. The van der Waals surface area contributed by atoms with Gasteiger partial charge in [-0.25, -0.2) is 0 Å². The normalized spacial score (nSPS) is 14.1. The third-order valence-corrected chi connectivity index (χ3v) is 13.9. The van der Waals surface area contributed by atoms with Crippen LogP contribution in [-0.2, 0) is 10.8 Å². The van der Waals surface area contributed by atoms with Crippen molar-refractivity contribution in [2.45, 2.75) is 38.5 Å². The Morgan fingerprint density at radius 1 is 0.339 bits per heavy atom. The summed E-state index contributed by atoms with van der Waals surface area (Å²) in [5, 5.41) is 2.19. The topological polar surface area (TPSA) is 16.4 Å². The summed E-state index contributed by atoms with van der Waals surface area (Å²) < 4.78 is 6.73. The number of hydrogen-bond acceptors (Lipinski definition) is 2. The molecule has 12 rings (SSSR count). The van der Waals surface area contributed by atoms with Crippen molar-refractivity contribution in [1.82, 2.24) is 0 Å². The van der Waals surface area contributed by atoms with Crippen LogP contribution in [0.15, 0.2) is 205 Å². The summed E-state index contributed by atoms with van der Waals surface area (Å²) in [6, 6.07) is 73.5. The van der Waals surface area contributed by atoms with Crippen LogP contribution in [0.5, 0.6) is 0 Å². The zero-order valence-corrected chi connectivity index (χ0v) is 35.4. The summed E-state index contributed by atoms with van der Waals surface area (Å²) in [6.45, 7) is 9.43. The molecule has 0 N–H and O–H groups in total. The van der Waals surface area contributed by atoms with Crippen molar-refractivity contribution in [3.05, 3.63) is 222 Å². The van der Waals surface area contributed by atoms with Gasteiger partial charge in [0.1, 0.15) is 11.2 Å². The summed E-state index contributed by atoms with van der Waals surface area (Å²) >= 11 is 0. The maximum absolute atomic E-state index is 6.73. The molecule has 0 unspecified atom stereocenters. The van der Waals surface area contributed by atoms with Crippen LogP contribution in [0.2, 0.25) is 0 Å². The van der Waals surface area contributed by atoms with Gasteiger partial charge in [-0.15, -0.1) is 0 Å². The van der Waals surface area contributed by atoms with Crippen molar-refractivity contribution < 1.29 is 4.42 Å². The Morgan fingerprint density at radius 2 is 0.871 bits per heavy atom. The van der Waals surface area contributed by atoms with E-state index in [1.165, 1.54) is 72.3 Å². The average Bonchev–Trinajstić information content (AvgIpc) is 3.89. The predicted molar refractivity (Wildman–Crippen MR) is 260 cm³/mol. The summed E-state index contributed by atoms with van der Waals surface area (Å²) in [6.07, 6.45) is 0. The maximum atomic E-state index is 6.73. The lowest BCUT2D eigenvalue weighted by molar-refractivity contribution is 0.660. The fraction of sp³-hybridized carbons (Fsp3) is 0.100. The third kappa shape index (κ3) is 5.49. The lowest BCUT2D eigenvalue weighted by Crippen LogP contribution is -2.16. The zero-order valence-electron chi connectivity index (χ0n) is 35.4. The molecule has 0 radical (unpaired) electrons. The number of fused-ring (bicyclic) bond motifs is 9. The van der Waals surface area contributed by atoms with E-state index in [0.29, 0.717) is 0 Å². The zero-order chi connectivity index (χ0) is 41.7. The second kappa shape index (κ2) is 13.5. The molecule has 2 heteroatoms. The Morgan fingerprint density at radius 3 is 1.60 bits per heavy atom. The van der Waals surface area contributed by atoms with E-state index < -0.39 is 0 Å². The standard InChI is InChI=1S/C60H45NO/c1-59(2)51-22-12-11-21-46(51)49-35-42(27-32-52(49)59)40-19-13-20-44(33-40)61(55-23-14-24-56-58(55)48-29-25-43(36-57(48)62-56)39-17-9-6-10-18-39)45-28-30-47-50-34-41(38-15-7-5-8-16-38)26-31-53(50)60(3,4)54(47)37-45/h5-37H,1-4H3. The van der Waals surface area contributed by atoms with Crippen LogP contribution in [-0.4, -0.2) is 0 Å². The van der Waals surface area contributed by atoms with E-state index >= 15 is 0 Å². The maximum Gasteiger partial charge on any atom is 0.137 e. The third-order valence-electron chi connectivity index (χ3n) is 13.9. The molecule has 2 aliphatic rings. The molecule has 296 valence electrons. The van der Waals surface area contributed by atoms with Crippen molar-refractivity contribution in [3.8, 4) is 55.6 Å². The van der Waals surface area contributed by atoms with Crippen molar-refractivity contribution in [1.29, 1.82) is 0 Å². The highest BCUT2D eigenvalue weighted by molar-refractivity contribution is 6.14. The lowest BCUT2D eigenvalue weighted by atomic mass is 9.82. The highest BCUT2D eigenvalue weighted by Crippen LogP contribution is 2.53. The molecule has 0 spiro atoms. The second-order valence-corrected chi connectivity index (χ2v) is 18.1. The van der Waals surface area contributed by atoms with Crippen LogP contribution in [0, 0.1) is 0 Å². The van der Waals surface area contributed by atoms with Gasteiger partial charge in [-0.05, 0) is 139 Å². The van der Waals surface area contributed by atoms with Crippen LogP contribution in [0.3, 0.4) is 0 Å². The largest absolute Gasteiger partial charge is 0.456 e. The van der Waals surface area contributed by atoms with Crippen LogP contribution in [0.4, 0.5) is 17.1 Å². The molecule has 0 saturated heterocycles. The molecular weight excluding hydrogens is 751 g/mol. The SMILES string of the molecule is CC1(C)c2ccccc2-c2cc(-c3cccc(N(c4ccc5c(c4)C(C)(C)c4ccc(-c6ccccc6)cc4-5)c4cccc5oc6cc(-c7ccccc7)ccc6c45)c3)ccc21. The molecule has 9 aromatic carbocycles. The monoisotopic (exact) mass is 795 g/mol. The Bertz CT molecular complexity index is 3410. The van der Waals surface area contributed by atoms with Crippen molar-refractivity contribution in [3.63, 3.8) is 0 Å². The van der Waals surface area contributed by atoms with Gasteiger partial charge in [-0.3, -0.25) is 0 Å². The van der Waals surface area contributed by atoms with Crippen LogP contribution < -0.4 is 4.90 Å². The van der Waals surface area contributed by atoms with Gasteiger partial charge in [0.15, 0.2) is 0 Å². The van der Waals surface area contributed by atoms with Crippen molar-refractivity contribution in [2.24, 2.45) is 0 Å². The number of rotatable bonds is 6. The van der Waals surface area contributed by atoms with E-state index in [-0.39, 0.29) is 10.8 Å². The van der Waals surface area contributed by atoms with E-state index in [9.17, 15) is 0 Å². The number of furan rings is 1. The lowest BCUT2D eigenvalue weighted by Gasteiger charge is -2.29. The van der Waals surface area contributed by atoms with E-state index in [4.69, 9.17) is 4.42 Å². The van der Waals surface area contributed by atoms with Gasteiger partial charge in [-0.1, -0.05) is 167 Å². The van der Waals surface area contributed by atoms with E-state index in [2.05, 4.69) is 233 Å². The van der Waals surface area contributed by atoms with Gasteiger partial charge in [0.05, 0.1) is 11.1 Å². The minimum atomic E-state index is -0.194. The number of anilines is 3. The minimum absolute atomic E-state index is 0.0405. The Hall–Kier alpha value is -7.42. The highest BCUT2D eigenvalue weighted by atomic mass is 16.3. The average molecular weight is 796 g/mol. The molecule has 1 heterocycles. The van der Waals surface area contributed by atoms with Crippen LogP contribution in [0.1, 0.15) is 49.9 Å². The van der Waals surface area contributed by atoms with Crippen molar-refractivity contribution >= 4 is 39.0 Å². The summed E-state index contributed by atoms with van der Waals surface area (Å²) in [4.78, 5) is 2.45. The van der Waals surface area contributed by atoms with Gasteiger partial charge in [0.25, 0.3) is 0 Å². The smallest absolute Gasteiger partial charge is 0.137 e. The number of nitrogens with zero attached hydrogens (tertiary/aromatic N) is 1. The molecule has 0 aliphatic heterocycles. The molecule has 2 aliphatic carbocycles. The van der Waals surface area contributed by atoms with Gasteiger partial charge >= 0.3 is 0 Å². The van der Waals surface area contributed by atoms with E-state index in [1.807, 2.05) is 0 Å². The molecule has 0 fully saturated rings. The Balaban J connectivity index is 1.04. The van der Waals surface area contributed by atoms with Gasteiger partial charge < -0.3 is 9.32 Å². The van der Waals surface area contributed by atoms with Gasteiger partial charge in [-0.2, -0.15) is 0 Å². The highest BCUT2D eigenvalue weighted by Gasteiger charge is 2.37. The molecule has 0 amide bonds. The molecule has 0 saturated carbocycles. The summed E-state index contributed by atoms with van der Waals surface area (Å²) in [5.41, 5.74) is 22.7. The van der Waals surface area contributed by atoms with Gasteiger partial charge in [0.2, 0.25) is 0 Å². The Kier molecular flexibility index (Phi) is 7.96. The van der Waals surface area contributed by atoms with Crippen molar-refractivity contribution in [2.75, 3.05) is 4.90 Å². The molecule has 2 nitrogen and oxygen atoms in total. The molecule has 0 atom stereocenters. The first-order valence-electron chi connectivity index (χ1n) is 21.7.